The Morgan fingerprint density at radius 1 is 1.32 bits per heavy atom. The molecule has 0 aromatic rings. The smallest absolute Gasteiger partial charge is 0.186 e. The first-order chi connectivity index (χ1) is 8.50. The number of fused-ring (bicyclic) bond motifs is 2. The molecule has 0 spiro atoms. The second-order valence-corrected chi connectivity index (χ2v) is 12.5. The van der Waals surface area contributed by atoms with E-state index in [1.54, 1.807) is 0 Å². The highest BCUT2D eigenvalue weighted by atomic mass is 28.4. The molecule has 0 amide bonds. The van der Waals surface area contributed by atoms with E-state index in [4.69, 9.17) is 4.43 Å². The van der Waals surface area contributed by atoms with Gasteiger partial charge >= 0.3 is 0 Å². The minimum atomic E-state index is -1.79. The fourth-order valence-corrected chi connectivity index (χ4v) is 5.97. The van der Waals surface area contributed by atoms with E-state index in [-0.39, 0.29) is 16.6 Å². The SMILES string of the molecule is C=CC(=O)[C@@]1(O[Si](C)(C)C)C[C@H]2CC[C@]1(C)C2(C)C. The van der Waals surface area contributed by atoms with Crippen molar-refractivity contribution < 1.29 is 9.22 Å². The van der Waals surface area contributed by atoms with Gasteiger partial charge in [-0.3, -0.25) is 4.79 Å². The van der Waals surface area contributed by atoms with Crippen molar-refractivity contribution in [3.05, 3.63) is 12.7 Å². The standard InChI is InChI=1S/C16H28O2Si/c1-8-13(17)16(18-19(5,6)7)11-12-9-10-15(16,4)14(12,2)3/h8,12H,1,9-11H2,2-7H3/t12-,15-,16+/m1/s1. The fraction of sp³-hybridized carbons (Fsp3) is 0.812. The molecule has 2 rings (SSSR count). The molecule has 2 nitrogen and oxygen atoms in total. The maximum Gasteiger partial charge on any atom is 0.186 e. The van der Waals surface area contributed by atoms with Crippen molar-refractivity contribution in [1.29, 1.82) is 0 Å². The van der Waals surface area contributed by atoms with Crippen LogP contribution in [0.1, 0.15) is 40.0 Å². The molecule has 3 heteroatoms. The van der Waals surface area contributed by atoms with Crippen LogP contribution in [0.2, 0.25) is 19.6 Å². The average molecular weight is 280 g/mol. The van der Waals surface area contributed by atoms with E-state index in [0.29, 0.717) is 5.92 Å². The highest BCUT2D eigenvalue weighted by Crippen LogP contribution is 2.71. The molecule has 0 aromatic carbocycles. The number of hydrogen-bond donors (Lipinski definition) is 0. The van der Waals surface area contributed by atoms with Gasteiger partial charge in [-0.2, -0.15) is 0 Å². The normalized spacial score (nSPS) is 40.4. The predicted octanol–water partition coefficient (Wildman–Crippen LogP) is 4.18. The Labute approximate surface area is 118 Å². The molecule has 0 unspecified atom stereocenters. The van der Waals surface area contributed by atoms with Crippen LogP contribution in [0.15, 0.2) is 12.7 Å². The topological polar surface area (TPSA) is 26.3 Å². The van der Waals surface area contributed by atoms with E-state index in [0.717, 1.165) is 12.8 Å². The van der Waals surface area contributed by atoms with Gasteiger partial charge < -0.3 is 4.43 Å². The van der Waals surface area contributed by atoms with Gasteiger partial charge in [0.2, 0.25) is 0 Å². The van der Waals surface area contributed by atoms with Crippen molar-refractivity contribution in [2.75, 3.05) is 0 Å². The van der Waals surface area contributed by atoms with Crippen molar-refractivity contribution >= 4 is 14.1 Å². The highest BCUT2D eigenvalue weighted by Gasteiger charge is 2.72. The van der Waals surface area contributed by atoms with E-state index in [2.05, 4.69) is 47.0 Å². The van der Waals surface area contributed by atoms with Crippen LogP contribution in [-0.4, -0.2) is 19.7 Å². The molecule has 0 aliphatic heterocycles. The van der Waals surface area contributed by atoms with Crippen molar-refractivity contribution in [2.45, 2.75) is 65.3 Å². The molecule has 0 radical (unpaired) electrons. The predicted molar refractivity (Wildman–Crippen MR) is 81.6 cm³/mol. The molecule has 2 aliphatic rings. The molecule has 2 bridgehead atoms. The summed E-state index contributed by atoms with van der Waals surface area (Å²) in [6.45, 7) is 17.1. The summed E-state index contributed by atoms with van der Waals surface area (Å²) < 4.78 is 6.53. The summed E-state index contributed by atoms with van der Waals surface area (Å²) in [5, 5.41) is 0. The Bertz CT molecular complexity index is 421. The molecule has 0 saturated heterocycles. The van der Waals surface area contributed by atoms with Gasteiger partial charge in [-0.25, -0.2) is 0 Å². The largest absolute Gasteiger partial charge is 0.404 e. The zero-order valence-corrected chi connectivity index (χ0v) is 14.3. The van der Waals surface area contributed by atoms with Gasteiger partial charge in [-0.15, -0.1) is 0 Å². The van der Waals surface area contributed by atoms with Crippen LogP contribution in [-0.2, 0) is 9.22 Å². The quantitative estimate of drug-likeness (QED) is 0.570. The van der Waals surface area contributed by atoms with Gasteiger partial charge in [-0.05, 0) is 56.3 Å². The Balaban J connectivity index is 2.53. The van der Waals surface area contributed by atoms with Crippen molar-refractivity contribution in [2.24, 2.45) is 16.7 Å². The minimum Gasteiger partial charge on any atom is -0.404 e. The molecule has 2 saturated carbocycles. The van der Waals surface area contributed by atoms with Crippen LogP contribution in [0.5, 0.6) is 0 Å². The van der Waals surface area contributed by atoms with Crippen molar-refractivity contribution in [3.8, 4) is 0 Å². The number of ketones is 1. The first kappa shape index (κ1) is 15.0. The maximum absolute atomic E-state index is 12.7. The Hall–Kier alpha value is -0.413. The Kier molecular flexibility index (Phi) is 3.19. The third-order valence-electron chi connectivity index (χ3n) is 5.92. The third kappa shape index (κ3) is 1.81. The van der Waals surface area contributed by atoms with E-state index in [1.165, 1.54) is 12.5 Å². The average Bonchev–Trinajstić information content (AvgIpc) is 2.57. The molecule has 0 aromatic heterocycles. The lowest BCUT2D eigenvalue weighted by Gasteiger charge is -2.49. The van der Waals surface area contributed by atoms with Crippen LogP contribution < -0.4 is 0 Å². The zero-order valence-electron chi connectivity index (χ0n) is 13.3. The van der Waals surface area contributed by atoms with E-state index in [9.17, 15) is 4.79 Å². The van der Waals surface area contributed by atoms with Gasteiger partial charge in [0.25, 0.3) is 0 Å². The van der Waals surface area contributed by atoms with Crippen LogP contribution in [0, 0.1) is 16.7 Å². The van der Waals surface area contributed by atoms with Crippen LogP contribution in [0.25, 0.3) is 0 Å². The van der Waals surface area contributed by atoms with Gasteiger partial charge in [0.15, 0.2) is 14.1 Å². The molecular formula is C16H28O2Si. The Morgan fingerprint density at radius 2 is 1.89 bits per heavy atom. The van der Waals surface area contributed by atoms with Crippen LogP contribution in [0.3, 0.4) is 0 Å². The van der Waals surface area contributed by atoms with Crippen molar-refractivity contribution in [1.82, 2.24) is 0 Å². The summed E-state index contributed by atoms with van der Waals surface area (Å²) in [4.78, 5) is 12.7. The number of carbonyl (C=O) groups is 1. The summed E-state index contributed by atoms with van der Waals surface area (Å²) in [5.74, 6) is 0.699. The second kappa shape index (κ2) is 4.04. The van der Waals surface area contributed by atoms with Gasteiger partial charge in [0.05, 0.1) is 0 Å². The zero-order chi connectivity index (χ0) is 14.7. The van der Waals surface area contributed by atoms with Crippen LogP contribution >= 0.6 is 0 Å². The molecule has 108 valence electrons. The lowest BCUT2D eigenvalue weighted by molar-refractivity contribution is -0.146. The number of carbonyl (C=O) groups excluding carboxylic acids is 1. The molecular weight excluding hydrogens is 252 g/mol. The van der Waals surface area contributed by atoms with E-state index >= 15 is 0 Å². The fourth-order valence-electron chi connectivity index (χ4n) is 4.51. The van der Waals surface area contributed by atoms with E-state index in [1.807, 2.05) is 0 Å². The monoisotopic (exact) mass is 280 g/mol. The highest BCUT2D eigenvalue weighted by molar-refractivity contribution is 6.70. The molecule has 19 heavy (non-hydrogen) atoms. The lowest BCUT2D eigenvalue weighted by atomic mass is 9.63. The second-order valence-electron chi connectivity index (χ2n) is 8.10. The summed E-state index contributed by atoms with van der Waals surface area (Å²) in [7, 11) is -1.79. The summed E-state index contributed by atoms with van der Waals surface area (Å²) in [6.07, 6.45) is 4.69. The molecule has 0 heterocycles. The summed E-state index contributed by atoms with van der Waals surface area (Å²) in [6, 6.07) is 0. The van der Waals surface area contributed by atoms with Crippen molar-refractivity contribution in [3.63, 3.8) is 0 Å². The van der Waals surface area contributed by atoms with Crippen LogP contribution in [0.4, 0.5) is 0 Å². The first-order valence-electron chi connectivity index (χ1n) is 7.37. The van der Waals surface area contributed by atoms with Gasteiger partial charge in [0, 0.05) is 5.41 Å². The Morgan fingerprint density at radius 3 is 2.21 bits per heavy atom. The molecule has 0 N–H and O–H groups in total. The first-order valence-corrected chi connectivity index (χ1v) is 10.8. The number of hydrogen-bond acceptors (Lipinski definition) is 2. The van der Waals surface area contributed by atoms with E-state index < -0.39 is 13.9 Å². The summed E-state index contributed by atoms with van der Waals surface area (Å²) >= 11 is 0. The molecule has 2 fully saturated rings. The third-order valence-corrected chi connectivity index (χ3v) is 6.89. The summed E-state index contributed by atoms with van der Waals surface area (Å²) in [5.41, 5.74) is -0.507. The molecule has 3 atom stereocenters. The van der Waals surface area contributed by atoms with Gasteiger partial charge in [-0.1, -0.05) is 27.4 Å². The number of rotatable bonds is 4. The maximum atomic E-state index is 12.7. The minimum absolute atomic E-state index is 0.0593. The lowest BCUT2D eigenvalue weighted by Crippen LogP contribution is -2.58. The van der Waals surface area contributed by atoms with Gasteiger partial charge in [0.1, 0.15) is 5.60 Å². The molecule has 2 aliphatic carbocycles.